The monoisotopic (exact) mass is 315 g/mol. The molecule has 0 spiro atoms. The summed E-state index contributed by atoms with van der Waals surface area (Å²) in [6.45, 7) is 1.53. The number of rotatable bonds is 6. The first-order chi connectivity index (χ1) is 10.6. The number of ketones is 1. The van der Waals surface area contributed by atoms with Gasteiger partial charge in [-0.2, -0.15) is 0 Å². The van der Waals surface area contributed by atoms with Gasteiger partial charge in [0.05, 0.1) is 12.9 Å². The van der Waals surface area contributed by atoms with E-state index in [0.717, 1.165) is 16.3 Å². The molecular weight excluding hydrogens is 298 g/mol. The van der Waals surface area contributed by atoms with Crippen LogP contribution >= 0.6 is 11.8 Å². The third-order valence-electron chi connectivity index (χ3n) is 3.00. The van der Waals surface area contributed by atoms with E-state index in [2.05, 4.69) is 5.32 Å². The second kappa shape index (κ2) is 7.66. The number of thioether (sulfide) groups is 1. The van der Waals surface area contributed by atoms with Crippen LogP contribution in [0.3, 0.4) is 0 Å². The van der Waals surface area contributed by atoms with Crippen LogP contribution in [0.25, 0.3) is 0 Å². The lowest BCUT2D eigenvalue weighted by Crippen LogP contribution is -2.13. The topological polar surface area (TPSA) is 55.4 Å². The molecule has 4 nitrogen and oxygen atoms in total. The van der Waals surface area contributed by atoms with Crippen LogP contribution in [0.15, 0.2) is 53.4 Å². The zero-order valence-electron chi connectivity index (χ0n) is 12.5. The highest BCUT2D eigenvalue weighted by Crippen LogP contribution is 2.20. The first kappa shape index (κ1) is 16.1. The summed E-state index contributed by atoms with van der Waals surface area (Å²) in [6.07, 6.45) is 0. The summed E-state index contributed by atoms with van der Waals surface area (Å²) in [7, 11) is 1.60. The zero-order chi connectivity index (χ0) is 15.9. The van der Waals surface area contributed by atoms with Crippen molar-refractivity contribution in [3.63, 3.8) is 0 Å². The van der Waals surface area contributed by atoms with Gasteiger partial charge in [-0.05, 0) is 43.3 Å². The summed E-state index contributed by atoms with van der Waals surface area (Å²) in [5, 5.41) is 2.82. The molecule has 22 heavy (non-hydrogen) atoms. The number of Topliss-reactive ketones (excluding diaryl/α,β-unsaturated/α-hetero) is 1. The van der Waals surface area contributed by atoms with Gasteiger partial charge in [-0.3, -0.25) is 9.59 Å². The molecule has 0 saturated carbocycles. The first-order valence-electron chi connectivity index (χ1n) is 6.76. The van der Waals surface area contributed by atoms with Gasteiger partial charge in [0, 0.05) is 16.1 Å². The fourth-order valence-corrected chi connectivity index (χ4v) is 2.50. The molecule has 0 saturated heterocycles. The van der Waals surface area contributed by atoms with Crippen LogP contribution in [0.1, 0.15) is 17.3 Å². The van der Waals surface area contributed by atoms with Crippen LogP contribution in [0.4, 0.5) is 5.69 Å². The molecule has 0 unspecified atom stereocenters. The Morgan fingerprint density at radius 1 is 1.05 bits per heavy atom. The van der Waals surface area contributed by atoms with E-state index >= 15 is 0 Å². The molecule has 0 bridgehead atoms. The minimum absolute atomic E-state index is 0.0359. The fourth-order valence-electron chi connectivity index (χ4n) is 1.81. The van der Waals surface area contributed by atoms with Crippen molar-refractivity contribution < 1.29 is 14.3 Å². The van der Waals surface area contributed by atoms with Crippen molar-refractivity contribution in [2.45, 2.75) is 11.8 Å². The van der Waals surface area contributed by atoms with Crippen LogP contribution in [-0.2, 0) is 4.79 Å². The largest absolute Gasteiger partial charge is 0.497 e. The van der Waals surface area contributed by atoms with E-state index in [1.54, 1.807) is 43.5 Å². The van der Waals surface area contributed by atoms with E-state index < -0.39 is 0 Å². The van der Waals surface area contributed by atoms with Crippen LogP contribution in [0.5, 0.6) is 5.75 Å². The lowest BCUT2D eigenvalue weighted by Gasteiger charge is -2.06. The van der Waals surface area contributed by atoms with Crippen molar-refractivity contribution >= 4 is 29.1 Å². The Morgan fingerprint density at radius 3 is 2.23 bits per heavy atom. The van der Waals surface area contributed by atoms with Gasteiger partial charge in [-0.15, -0.1) is 11.8 Å². The highest BCUT2D eigenvalue weighted by atomic mass is 32.2. The summed E-state index contributed by atoms with van der Waals surface area (Å²) in [5.74, 6) is 1.02. The summed E-state index contributed by atoms with van der Waals surface area (Å²) in [6, 6.07) is 14.4. The van der Waals surface area contributed by atoms with Gasteiger partial charge in [0.2, 0.25) is 5.91 Å². The summed E-state index contributed by atoms with van der Waals surface area (Å²) in [4.78, 5) is 24.0. The van der Waals surface area contributed by atoms with E-state index in [0.29, 0.717) is 11.3 Å². The maximum Gasteiger partial charge on any atom is 0.234 e. The van der Waals surface area contributed by atoms with E-state index in [4.69, 9.17) is 4.74 Å². The van der Waals surface area contributed by atoms with Crippen molar-refractivity contribution in [1.29, 1.82) is 0 Å². The first-order valence-corrected chi connectivity index (χ1v) is 7.75. The van der Waals surface area contributed by atoms with Gasteiger partial charge in [0.1, 0.15) is 5.75 Å². The molecule has 114 valence electrons. The van der Waals surface area contributed by atoms with Gasteiger partial charge in [0.15, 0.2) is 5.78 Å². The molecule has 5 heteroatoms. The van der Waals surface area contributed by atoms with Gasteiger partial charge in [-0.1, -0.05) is 12.1 Å². The lowest BCUT2D eigenvalue weighted by molar-refractivity contribution is -0.113. The maximum absolute atomic E-state index is 11.9. The molecule has 0 heterocycles. The fraction of sp³-hybridized carbons (Fsp3) is 0.176. The average Bonchev–Trinajstić information content (AvgIpc) is 2.54. The second-order valence-electron chi connectivity index (χ2n) is 4.65. The van der Waals surface area contributed by atoms with Gasteiger partial charge < -0.3 is 10.1 Å². The Bertz CT molecular complexity index is 651. The minimum atomic E-state index is -0.0780. The third kappa shape index (κ3) is 4.63. The van der Waals surface area contributed by atoms with E-state index in [-0.39, 0.29) is 11.7 Å². The molecule has 1 N–H and O–H groups in total. The molecule has 1 amide bonds. The van der Waals surface area contributed by atoms with Gasteiger partial charge in [0.25, 0.3) is 0 Å². The summed E-state index contributed by atoms with van der Waals surface area (Å²) < 4.78 is 5.07. The number of carbonyl (C=O) groups is 2. The predicted molar refractivity (Wildman–Crippen MR) is 88.8 cm³/mol. The molecule has 0 atom stereocenters. The Hall–Kier alpha value is -2.27. The van der Waals surface area contributed by atoms with Crippen molar-refractivity contribution in [1.82, 2.24) is 0 Å². The van der Waals surface area contributed by atoms with Crippen LogP contribution in [0.2, 0.25) is 0 Å². The Kier molecular flexibility index (Phi) is 5.61. The number of nitrogens with one attached hydrogen (secondary N) is 1. The molecule has 0 aliphatic carbocycles. The standard InChI is InChI=1S/C17H17NO3S/c1-12(19)13-3-9-16(10-4-13)22-11-17(20)18-14-5-7-15(21-2)8-6-14/h3-10H,11H2,1-2H3,(H,18,20). The number of hydrogen-bond acceptors (Lipinski definition) is 4. The van der Waals surface area contributed by atoms with Crippen LogP contribution in [0, 0.1) is 0 Å². The molecule has 2 aromatic carbocycles. The highest BCUT2D eigenvalue weighted by molar-refractivity contribution is 8.00. The summed E-state index contributed by atoms with van der Waals surface area (Å²) in [5.41, 5.74) is 1.41. The predicted octanol–water partition coefficient (Wildman–Crippen LogP) is 3.63. The number of methoxy groups -OCH3 is 1. The quantitative estimate of drug-likeness (QED) is 0.653. The number of amides is 1. The molecule has 2 rings (SSSR count). The van der Waals surface area contributed by atoms with Gasteiger partial charge in [-0.25, -0.2) is 0 Å². The number of ether oxygens (including phenoxy) is 1. The van der Waals surface area contributed by atoms with E-state index in [1.807, 2.05) is 12.1 Å². The zero-order valence-corrected chi connectivity index (χ0v) is 13.3. The number of hydrogen-bond donors (Lipinski definition) is 1. The smallest absolute Gasteiger partial charge is 0.234 e. The highest BCUT2D eigenvalue weighted by Gasteiger charge is 2.05. The summed E-state index contributed by atoms with van der Waals surface area (Å²) >= 11 is 1.43. The number of carbonyl (C=O) groups excluding carboxylic acids is 2. The van der Waals surface area contributed by atoms with E-state index in [9.17, 15) is 9.59 Å². The molecular formula is C17H17NO3S. The molecule has 0 aliphatic rings. The number of benzene rings is 2. The minimum Gasteiger partial charge on any atom is -0.497 e. The van der Waals surface area contributed by atoms with E-state index in [1.165, 1.54) is 18.7 Å². The Labute approximate surface area is 133 Å². The molecule has 0 aromatic heterocycles. The maximum atomic E-state index is 11.9. The molecule has 0 fully saturated rings. The Morgan fingerprint density at radius 2 is 1.68 bits per heavy atom. The van der Waals surface area contributed by atoms with Crippen molar-refractivity contribution in [3.05, 3.63) is 54.1 Å². The molecule has 0 aliphatic heterocycles. The second-order valence-corrected chi connectivity index (χ2v) is 5.69. The lowest BCUT2D eigenvalue weighted by atomic mass is 10.2. The molecule has 2 aromatic rings. The van der Waals surface area contributed by atoms with Crippen LogP contribution < -0.4 is 10.1 Å². The average molecular weight is 315 g/mol. The number of anilines is 1. The van der Waals surface area contributed by atoms with Crippen molar-refractivity contribution in [2.24, 2.45) is 0 Å². The Balaban J connectivity index is 1.85. The van der Waals surface area contributed by atoms with Crippen molar-refractivity contribution in [3.8, 4) is 5.75 Å². The van der Waals surface area contributed by atoms with Gasteiger partial charge >= 0.3 is 0 Å². The molecule has 0 radical (unpaired) electrons. The van der Waals surface area contributed by atoms with Crippen molar-refractivity contribution in [2.75, 3.05) is 18.2 Å². The SMILES string of the molecule is COc1ccc(NC(=O)CSc2ccc(C(C)=O)cc2)cc1. The normalized spacial score (nSPS) is 10.1. The third-order valence-corrected chi connectivity index (χ3v) is 4.02. The van der Waals surface area contributed by atoms with Crippen LogP contribution in [-0.4, -0.2) is 24.6 Å².